The van der Waals surface area contributed by atoms with Crippen molar-refractivity contribution in [3.8, 4) is 33.4 Å². The lowest BCUT2D eigenvalue weighted by atomic mass is 9.81. The SMILES string of the molecule is CC1(C)c2ccccc2-c2c(N(c3cccc(-c4cccc5c4sc4ccccc45)c3)c3cccc4c3C(C)(C)c3ccccc3-4)cccc21. The molecular weight excluding hydrogens is 623 g/mol. The molecule has 0 spiro atoms. The van der Waals surface area contributed by atoms with E-state index in [1.165, 1.54) is 87.2 Å². The summed E-state index contributed by atoms with van der Waals surface area (Å²) in [7, 11) is 0. The van der Waals surface area contributed by atoms with E-state index >= 15 is 0 Å². The molecular formula is C48H37NS. The van der Waals surface area contributed by atoms with Crippen LogP contribution in [0.2, 0.25) is 0 Å². The van der Waals surface area contributed by atoms with Gasteiger partial charge in [-0.05, 0) is 80.4 Å². The quantitative estimate of drug-likeness (QED) is 0.182. The maximum atomic E-state index is 2.57. The number of fused-ring (bicyclic) bond motifs is 9. The van der Waals surface area contributed by atoms with E-state index in [2.05, 4.69) is 184 Å². The first kappa shape index (κ1) is 29.5. The standard InChI is InChI=1S/C48H37NS/c1-47(2)39-24-9-6-19-37(39)44-40(47)25-14-26-41(44)49(42-27-13-21-35-33-17-5-8-23-38(33)48(3,4)45(35)42)31-16-11-15-30(29-31)32-20-12-22-36-34-18-7-10-28-43(34)50-46(32)36/h5-29H,1-4H3. The van der Waals surface area contributed by atoms with Gasteiger partial charge < -0.3 is 4.90 Å². The molecule has 240 valence electrons. The van der Waals surface area contributed by atoms with E-state index in [0.717, 1.165) is 5.69 Å². The van der Waals surface area contributed by atoms with Crippen molar-refractivity contribution in [2.45, 2.75) is 38.5 Å². The van der Waals surface area contributed by atoms with Crippen molar-refractivity contribution in [3.05, 3.63) is 174 Å². The summed E-state index contributed by atoms with van der Waals surface area (Å²) in [5.41, 5.74) is 16.7. The summed E-state index contributed by atoms with van der Waals surface area (Å²) >= 11 is 1.89. The molecule has 1 aromatic heterocycles. The van der Waals surface area contributed by atoms with Gasteiger partial charge in [-0.25, -0.2) is 0 Å². The second kappa shape index (κ2) is 10.5. The van der Waals surface area contributed by atoms with Crippen LogP contribution in [0.5, 0.6) is 0 Å². The van der Waals surface area contributed by atoms with Crippen molar-refractivity contribution < 1.29 is 0 Å². The van der Waals surface area contributed by atoms with Gasteiger partial charge in [-0.1, -0.05) is 149 Å². The second-order valence-corrected chi connectivity index (χ2v) is 16.0. The normalized spacial score (nSPS) is 14.7. The molecule has 0 radical (unpaired) electrons. The highest BCUT2D eigenvalue weighted by Crippen LogP contribution is 2.58. The Hall–Kier alpha value is -5.44. The van der Waals surface area contributed by atoms with Gasteiger partial charge in [0.05, 0.1) is 11.4 Å². The fraction of sp³-hybridized carbons (Fsp3) is 0.125. The Morgan fingerprint density at radius 2 is 1.06 bits per heavy atom. The molecule has 10 rings (SSSR count). The Morgan fingerprint density at radius 3 is 1.92 bits per heavy atom. The third-order valence-electron chi connectivity index (χ3n) is 11.4. The number of anilines is 3. The van der Waals surface area contributed by atoms with Crippen LogP contribution in [0.25, 0.3) is 53.6 Å². The predicted octanol–water partition coefficient (Wildman–Crippen LogP) is 13.8. The number of rotatable bonds is 4. The Kier molecular flexibility index (Phi) is 6.21. The van der Waals surface area contributed by atoms with Gasteiger partial charge in [-0.3, -0.25) is 0 Å². The van der Waals surface area contributed by atoms with E-state index in [4.69, 9.17) is 0 Å². The maximum absolute atomic E-state index is 2.57. The summed E-state index contributed by atoms with van der Waals surface area (Å²) in [6.45, 7) is 9.54. The van der Waals surface area contributed by atoms with Crippen LogP contribution >= 0.6 is 11.3 Å². The zero-order chi connectivity index (χ0) is 33.8. The maximum Gasteiger partial charge on any atom is 0.0543 e. The summed E-state index contributed by atoms with van der Waals surface area (Å²) in [4.78, 5) is 2.57. The summed E-state index contributed by atoms with van der Waals surface area (Å²) in [6.07, 6.45) is 0. The van der Waals surface area contributed by atoms with Crippen LogP contribution in [-0.4, -0.2) is 0 Å². The minimum Gasteiger partial charge on any atom is -0.310 e. The van der Waals surface area contributed by atoms with Crippen molar-refractivity contribution in [1.29, 1.82) is 0 Å². The molecule has 0 fully saturated rings. The van der Waals surface area contributed by atoms with Crippen LogP contribution in [0.1, 0.15) is 49.9 Å². The predicted molar refractivity (Wildman–Crippen MR) is 215 cm³/mol. The summed E-state index contributed by atoms with van der Waals surface area (Å²) in [6, 6.07) is 56.6. The van der Waals surface area contributed by atoms with E-state index in [0.29, 0.717) is 0 Å². The Labute approximate surface area is 298 Å². The molecule has 50 heavy (non-hydrogen) atoms. The molecule has 0 aliphatic heterocycles. The van der Waals surface area contributed by atoms with Crippen molar-refractivity contribution in [2.75, 3.05) is 4.90 Å². The van der Waals surface area contributed by atoms with Gasteiger partial charge in [0.25, 0.3) is 0 Å². The minimum absolute atomic E-state index is 0.0968. The van der Waals surface area contributed by atoms with Crippen LogP contribution in [0, 0.1) is 0 Å². The zero-order valence-electron chi connectivity index (χ0n) is 28.8. The lowest BCUT2D eigenvalue weighted by Crippen LogP contribution is -2.21. The first-order valence-corrected chi connectivity index (χ1v) is 18.4. The summed E-state index contributed by atoms with van der Waals surface area (Å²) in [5.74, 6) is 0. The first-order valence-electron chi connectivity index (χ1n) is 17.6. The topological polar surface area (TPSA) is 3.24 Å². The molecule has 7 aromatic carbocycles. The number of benzene rings is 7. The lowest BCUT2D eigenvalue weighted by Gasteiger charge is -2.34. The smallest absolute Gasteiger partial charge is 0.0543 e. The number of hydrogen-bond donors (Lipinski definition) is 0. The number of nitrogens with zero attached hydrogens (tertiary/aromatic N) is 1. The average Bonchev–Trinajstić information content (AvgIpc) is 3.73. The minimum atomic E-state index is -0.170. The van der Waals surface area contributed by atoms with Crippen LogP contribution < -0.4 is 4.90 Å². The fourth-order valence-electron chi connectivity index (χ4n) is 9.12. The van der Waals surface area contributed by atoms with Crippen molar-refractivity contribution in [2.24, 2.45) is 0 Å². The molecule has 1 heterocycles. The molecule has 2 aliphatic carbocycles. The molecule has 2 aliphatic rings. The van der Waals surface area contributed by atoms with Gasteiger partial charge in [-0.2, -0.15) is 0 Å². The highest BCUT2D eigenvalue weighted by molar-refractivity contribution is 7.26. The summed E-state index contributed by atoms with van der Waals surface area (Å²) in [5, 5.41) is 2.65. The highest BCUT2D eigenvalue weighted by Gasteiger charge is 2.41. The monoisotopic (exact) mass is 659 g/mol. The van der Waals surface area contributed by atoms with Gasteiger partial charge in [0.15, 0.2) is 0 Å². The Bertz CT molecular complexity index is 2670. The van der Waals surface area contributed by atoms with E-state index in [1.54, 1.807) is 0 Å². The Morgan fingerprint density at radius 1 is 0.460 bits per heavy atom. The molecule has 1 nitrogen and oxygen atoms in total. The zero-order valence-corrected chi connectivity index (χ0v) is 29.6. The third kappa shape index (κ3) is 4.00. The van der Waals surface area contributed by atoms with Crippen molar-refractivity contribution >= 4 is 48.6 Å². The second-order valence-electron chi connectivity index (χ2n) is 14.9. The van der Waals surface area contributed by atoms with Gasteiger partial charge >= 0.3 is 0 Å². The van der Waals surface area contributed by atoms with E-state index in [-0.39, 0.29) is 10.8 Å². The molecule has 0 unspecified atom stereocenters. The lowest BCUT2D eigenvalue weighted by molar-refractivity contribution is 0.659. The first-order chi connectivity index (χ1) is 24.3. The average molecular weight is 660 g/mol. The molecule has 0 amide bonds. The van der Waals surface area contributed by atoms with Crippen molar-refractivity contribution in [3.63, 3.8) is 0 Å². The van der Waals surface area contributed by atoms with Crippen LogP contribution in [0.3, 0.4) is 0 Å². The Balaban J connectivity index is 1.26. The molecule has 0 atom stereocenters. The van der Waals surface area contributed by atoms with Crippen LogP contribution in [0.15, 0.2) is 152 Å². The summed E-state index contributed by atoms with van der Waals surface area (Å²) < 4.78 is 2.67. The van der Waals surface area contributed by atoms with Gasteiger partial charge in [0.2, 0.25) is 0 Å². The van der Waals surface area contributed by atoms with Crippen LogP contribution in [0.4, 0.5) is 17.1 Å². The molecule has 8 aromatic rings. The molecule has 0 N–H and O–H groups in total. The highest BCUT2D eigenvalue weighted by atomic mass is 32.1. The number of hydrogen-bond acceptors (Lipinski definition) is 2. The molecule has 2 heteroatoms. The fourth-order valence-corrected chi connectivity index (χ4v) is 10.4. The van der Waals surface area contributed by atoms with Gasteiger partial charge in [0.1, 0.15) is 0 Å². The van der Waals surface area contributed by atoms with Gasteiger partial charge in [0, 0.05) is 42.3 Å². The van der Waals surface area contributed by atoms with E-state index < -0.39 is 0 Å². The van der Waals surface area contributed by atoms with E-state index in [9.17, 15) is 0 Å². The van der Waals surface area contributed by atoms with Gasteiger partial charge in [-0.15, -0.1) is 11.3 Å². The molecule has 0 saturated carbocycles. The third-order valence-corrected chi connectivity index (χ3v) is 12.7. The molecule has 0 saturated heterocycles. The number of thiophene rings is 1. The largest absolute Gasteiger partial charge is 0.310 e. The van der Waals surface area contributed by atoms with E-state index in [1.807, 2.05) is 11.3 Å². The molecule has 0 bridgehead atoms. The van der Waals surface area contributed by atoms with Crippen molar-refractivity contribution in [1.82, 2.24) is 0 Å². The van der Waals surface area contributed by atoms with Crippen LogP contribution in [-0.2, 0) is 10.8 Å².